The summed E-state index contributed by atoms with van der Waals surface area (Å²) in [7, 11) is 0. The summed E-state index contributed by atoms with van der Waals surface area (Å²) in [5, 5.41) is 20.5. The summed E-state index contributed by atoms with van der Waals surface area (Å²) >= 11 is 0. The number of nitrogens with one attached hydrogen (secondary N) is 4. The lowest BCUT2D eigenvalue weighted by atomic mass is 10.1. The fourth-order valence-corrected chi connectivity index (χ4v) is 2.95. The van der Waals surface area contributed by atoms with Gasteiger partial charge in [0.2, 0.25) is 11.8 Å². The van der Waals surface area contributed by atoms with Crippen molar-refractivity contribution in [3.63, 3.8) is 0 Å². The van der Waals surface area contributed by atoms with Crippen LogP contribution >= 0.6 is 24.8 Å². The van der Waals surface area contributed by atoms with Gasteiger partial charge in [0, 0.05) is 24.2 Å². The maximum atomic E-state index is 12.3. The van der Waals surface area contributed by atoms with Crippen molar-refractivity contribution in [1.82, 2.24) is 10.9 Å². The van der Waals surface area contributed by atoms with E-state index in [1.54, 1.807) is 24.3 Å². The minimum absolute atomic E-state index is 0. The van der Waals surface area contributed by atoms with Gasteiger partial charge in [0.1, 0.15) is 12.7 Å². The molecular formula is C23H32Cl2N10O2. The van der Waals surface area contributed by atoms with Crippen molar-refractivity contribution in [2.24, 2.45) is 32.1 Å². The molecule has 0 aliphatic heterocycles. The molecule has 14 heteroatoms. The van der Waals surface area contributed by atoms with E-state index in [4.69, 9.17) is 11.7 Å². The quantitative estimate of drug-likeness (QED) is 0.102. The summed E-state index contributed by atoms with van der Waals surface area (Å²) in [6.45, 7) is 3.63. The van der Waals surface area contributed by atoms with Gasteiger partial charge in [-0.3, -0.25) is 20.4 Å². The zero-order valence-electron chi connectivity index (χ0n) is 20.5. The van der Waals surface area contributed by atoms with Gasteiger partial charge in [-0.2, -0.15) is 20.4 Å². The van der Waals surface area contributed by atoms with E-state index in [2.05, 4.69) is 41.9 Å². The predicted octanol–water partition coefficient (Wildman–Crippen LogP) is 2.71. The second-order valence-electron chi connectivity index (χ2n) is 7.32. The normalized spacial score (nSPS) is 11.4. The fraction of sp³-hybridized carbons (Fsp3) is 0.217. The van der Waals surface area contributed by atoms with E-state index in [0.717, 1.165) is 11.1 Å². The van der Waals surface area contributed by atoms with Crippen LogP contribution in [0.3, 0.4) is 0 Å². The van der Waals surface area contributed by atoms with Gasteiger partial charge in [0.15, 0.2) is 0 Å². The monoisotopic (exact) mass is 550 g/mol. The van der Waals surface area contributed by atoms with Crippen LogP contribution in [0.25, 0.3) is 0 Å². The van der Waals surface area contributed by atoms with Crippen LogP contribution in [0.1, 0.15) is 44.2 Å². The van der Waals surface area contributed by atoms with Crippen LogP contribution in [0.15, 0.2) is 68.9 Å². The Morgan fingerprint density at radius 3 is 1.54 bits per heavy atom. The van der Waals surface area contributed by atoms with Crippen LogP contribution < -0.4 is 33.2 Å². The molecule has 0 aliphatic carbocycles. The van der Waals surface area contributed by atoms with Gasteiger partial charge in [0.25, 0.3) is 0 Å². The number of amides is 2. The Labute approximate surface area is 227 Å². The lowest BCUT2D eigenvalue weighted by Crippen LogP contribution is -2.15. The number of carbonyl (C=O) groups excluding carboxylic acids is 2. The van der Waals surface area contributed by atoms with Crippen LogP contribution in [0.4, 0.5) is 11.4 Å². The van der Waals surface area contributed by atoms with E-state index in [-0.39, 0.29) is 49.5 Å². The number of anilines is 2. The summed E-state index contributed by atoms with van der Waals surface area (Å²) < 4.78 is 0. The maximum absolute atomic E-state index is 12.3. The van der Waals surface area contributed by atoms with Crippen molar-refractivity contribution in [2.75, 3.05) is 10.6 Å². The highest BCUT2D eigenvalue weighted by Gasteiger charge is 2.08. The molecule has 0 fully saturated rings. The van der Waals surface area contributed by atoms with E-state index in [1.165, 1.54) is 12.7 Å². The third-order valence-corrected chi connectivity index (χ3v) is 4.66. The molecule has 0 bridgehead atoms. The molecule has 0 saturated heterocycles. The Morgan fingerprint density at radius 2 is 1.16 bits per heavy atom. The van der Waals surface area contributed by atoms with Gasteiger partial charge < -0.3 is 22.3 Å². The van der Waals surface area contributed by atoms with E-state index >= 15 is 0 Å². The van der Waals surface area contributed by atoms with Gasteiger partial charge in [-0.05, 0) is 55.7 Å². The third-order valence-electron chi connectivity index (χ3n) is 4.66. The topological polar surface area (TPSA) is 184 Å². The molecular weight excluding hydrogens is 519 g/mol. The van der Waals surface area contributed by atoms with Gasteiger partial charge in [-0.25, -0.2) is 0 Å². The molecule has 2 aromatic rings. The number of carbonyl (C=O) groups is 2. The summed E-state index contributed by atoms with van der Waals surface area (Å²) in [5.41, 5.74) is 9.52. The van der Waals surface area contributed by atoms with Crippen molar-refractivity contribution >= 4 is 72.1 Å². The number of rotatable bonds is 12. The van der Waals surface area contributed by atoms with E-state index < -0.39 is 0 Å². The van der Waals surface area contributed by atoms with Crippen LogP contribution in [-0.2, 0) is 9.59 Å². The third kappa shape index (κ3) is 12.4. The molecule has 0 heterocycles. The minimum Gasteiger partial charge on any atom is -0.326 e. The highest BCUT2D eigenvalue weighted by molar-refractivity contribution is 6.01. The van der Waals surface area contributed by atoms with Crippen LogP contribution in [0.2, 0.25) is 0 Å². The molecule has 37 heavy (non-hydrogen) atoms. The molecule has 0 spiro atoms. The zero-order valence-corrected chi connectivity index (χ0v) is 22.1. The summed E-state index contributed by atoms with van der Waals surface area (Å²) in [5.74, 6) is 9.67. The molecule has 200 valence electrons. The van der Waals surface area contributed by atoms with Crippen molar-refractivity contribution in [3.8, 4) is 0 Å². The van der Waals surface area contributed by atoms with Crippen LogP contribution in [0.5, 0.6) is 0 Å². The molecule has 0 unspecified atom stereocenters. The van der Waals surface area contributed by atoms with Gasteiger partial charge >= 0.3 is 0 Å². The summed E-state index contributed by atoms with van der Waals surface area (Å²) in [6, 6.07) is 14.6. The standard InChI is InChI=1S/C23H30N10O2.2ClH/c1-16(32-28-14-26-24)18-6-3-8-20(12-18)30-22(34)10-5-11-23(35)31-21-9-4-7-19(13-21)17(2)33-29-15-27-25;;/h3-4,6-9,12-15H,5,10-11,24-25H2,1-2H3,(H,26,28)(H,27,29)(H,30,34)(H,31,35);2*1H. The number of halogens is 2. The number of benzene rings is 2. The number of hydrazone groups is 4. The first-order chi connectivity index (χ1) is 16.9. The molecule has 2 amide bonds. The first-order valence-electron chi connectivity index (χ1n) is 10.8. The second-order valence-corrected chi connectivity index (χ2v) is 7.32. The SMILES string of the molecule is CC(=NNC=NN)c1cccc(NC(=O)CCCC(=O)Nc2cccc(C(C)=NNC=NN)c2)c1.Cl.Cl. The number of nitrogens with zero attached hydrogens (tertiary/aromatic N) is 4. The Hall–Kier alpha value is -4.16. The minimum atomic E-state index is -0.180. The molecule has 8 N–H and O–H groups in total. The molecule has 2 aromatic carbocycles. The molecule has 0 aliphatic rings. The first kappa shape index (κ1) is 32.8. The van der Waals surface area contributed by atoms with E-state index in [9.17, 15) is 9.59 Å². The Balaban J connectivity index is 0.00000648. The number of hydrogen-bond acceptors (Lipinski definition) is 8. The highest BCUT2D eigenvalue weighted by Crippen LogP contribution is 2.14. The predicted molar refractivity (Wildman–Crippen MR) is 155 cm³/mol. The Bertz CT molecular complexity index is 1050. The number of hydrogen-bond donors (Lipinski definition) is 6. The van der Waals surface area contributed by atoms with Gasteiger partial charge in [-0.1, -0.05) is 24.3 Å². The Morgan fingerprint density at radius 1 is 0.757 bits per heavy atom. The molecule has 0 radical (unpaired) electrons. The van der Waals surface area contributed by atoms with E-state index in [1.807, 2.05) is 38.1 Å². The van der Waals surface area contributed by atoms with Crippen molar-refractivity contribution in [1.29, 1.82) is 0 Å². The summed E-state index contributed by atoms with van der Waals surface area (Å²) in [6.07, 6.45) is 3.34. The molecule has 0 atom stereocenters. The van der Waals surface area contributed by atoms with Crippen molar-refractivity contribution in [2.45, 2.75) is 33.1 Å². The van der Waals surface area contributed by atoms with Gasteiger partial charge in [-0.15, -0.1) is 24.8 Å². The van der Waals surface area contributed by atoms with Crippen molar-refractivity contribution in [3.05, 3.63) is 59.7 Å². The second kappa shape index (κ2) is 18.2. The first-order valence-corrected chi connectivity index (χ1v) is 10.8. The zero-order chi connectivity index (χ0) is 25.5. The molecule has 2 rings (SSSR count). The highest BCUT2D eigenvalue weighted by atomic mass is 35.5. The van der Waals surface area contributed by atoms with Crippen LogP contribution in [0, 0.1) is 0 Å². The Kier molecular flexibility index (Phi) is 16.1. The van der Waals surface area contributed by atoms with Crippen molar-refractivity contribution < 1.29 is 9.59 Å². The molecule has 12 nitrogen and oxygen atoms in total. The lowest BCUT2D eigenvalue weighted by Gasteiger charge is -2.09. The average molecular weight is 551 g/mol. The smallest absolute Gasteiger partial charge is 0.224 e. The van der Waals surface area contributed by atoms with Gasteiger partial charge in [0.05, 0.1) is 11.4 Å². The maximum Gasteiger partial charge on any atom is 0.224 e. The fourth-order valence-electron chi connectivity index (χ4n) is 2.95. The molecule has 0 aromatic heterocycles. The average Bonchev–Trinajstić information content (AvgIpc) is 2.84. The van der Waals surface area contributed by atoms with E-state index in [0.29, 0.717) is 29.2 Å². The largest absolute Gasteiger partial charge is 0.326 e. The molecule has 0 saturated carbocycles. The van der Waals surface area contributed by atoms with Crippen LogP contribution in [-0.4, -0.2) is 35.9 Å². The summed E-state index contributed by atoms with van der Waals surface area (Å²) in [4.78, 5) is 24.6. The number of nitrogens with two attached hydrogens (primary N) is 2. The lowest BCUT2D eigenvalue weighted by molar-refractivity contribution is -0.117.